The second-order valence-electron chi connectivity index (χ2n) is 8.04. The van der Waals surface area contributed by atoms with Crippen LogP contribution >= 0.6 is 11.6 Å². The molecule has 0 bridgehead atoms. The molecule has 1 unspecified atom stereocenters. The number of aromatic nitrogens is 2. The topological polar surface area (TPSA) is 84.3 Å². The second-order valence-corrected chi connectivity index (χ2v) is 10.6. The third kappa shape index (κ3) is 4.44. The van der Waals surface area contributed by atoms with Gasteiger partial charge < -0.3 is 5.32 Å². The van der Waals surface area contributed by atoms with Gasteiger partial charge in [0.1, 0.15) is 4.90 Å². The first-order valence-electron chi connectivity index (χ1n) is 10.4. The minimum absolute atomic E-state index is 0.0809. The zero-order valence-electron chi connectivity index (χ0n) is 18.0. The fraction of sp³-hybridized carbons (Fsp3) is 0.304. The van der Waals surface area contributed by atoms with Gasteiger partial charge in [0.2, 0.25) is 10.0 Å². The molecule has 4 rings (SSSR count). The van der Waals surface area contributed by atoms with Gasteiger partial charge in [-0.15, -0.1) is 0 Å². The van der Waals surface area contributed by atoms with Crippen molar-refractivity contribution in [1.29, 1.82) is 0 Å². The number of halogens is 1. The zero-order chi connectivity index (χ0) is 22.9. The van der Waals surface area contributed by atoms with Crippen molar-refractivity contribution in [2.24, 2.45) is 0 Å². The van der Waals surface area contributed by atoms with Crippen LogP contribution in [0.5, 0.6) is 0 Å². The largest absolute Gasteiger partial charge is 0.345 e. The maximum absolute atomic E-state index is 13.0. The minimum atomic E-state index is -3.76. The van der Waals surface area contributed by atoms with Crippen molar-refractivity contribution in [3.05, 3.63) is 82.1 Å². The van der Waals surface area contributed by atoms with Gasteiger partial charge >= 0.3 is 0 Å². The Hall–Kier alpha value is -2.68. The number of carbonyl (C=O) groups excluding carboxylic acids is 1. The Bertz CT molecular complexity index is 1240. The van der Waals surface area contributed by atoms with Crippen LogP contribution in [0, 0.1) is 0 Å². The monoisotopic (exact) mass is 472 g/mol. The number of benzene rings is 2. The van der Waals surface area contributed by atoms with E-state index in [-0.39, 0.29) is 27.4 Å². The molecule has 168 valence electrons. The molecule has 1 amide bonds. The van der Waals surface area contributed by atoms with E-state index in [1.807, 2.05) is 29.1 Å². The van der Waals surface area contributed by atoms with Crippen LogP contribution in [-0.2, 0) is 23.0 Å². The molecule has 0 spiro atoms. The molecule has 0 saturated carbocycles. The van der Waals surface area contributed by atoms with Gasteiger partial charge in [0, 0.05) is 30.9 Å². The summed E-state index contributed by atoms with van der Waals surface area (Å²) in [6, 6.07) is 14.3. The fourth-order valence-electron chi connectivity index (χ4n) is 3.94. The van der Waals surface area contributed by atoms with E-state index in [4.69, 9.17) is 11.6 Å². The van der Waals surface area contributed by atoms with Crippen molar-refractivity contribution in [2.75, 3.05) is 14.1 Å². The summed E-state index contributed by atoms with van der Waals surface area (Å²) in [6.45, 7) is 0.680. The summed E-state index contributed by atoms with van der Waals surface area (Å²) >= 11 is 6.11. The van der Waals surface area contributed by atoms with Crippen LogP contribution in [0.2, 0.25) is 5.02 Å². The fourth-order valence-corrected chi connectivity index (χ4v) is 5.34. The Morgan fingerprint density at radius 3 is 2.69 bits per heavy atom. The maximum Gasteiger partial charge on any atom is 0.251 e. The Morgan fingerprint density at radius 1 is 1.22 bits per heavy atom. The maximum atomic E-state index is 13.0. The molecule has 0 fully saturated rings. The molecule has 3 aromatic rings. The van der Waals surface area contributed by atoms with Crippen molar-refractivity contribution in [2.45, 2.75) is 36.7 Å². The molecule has 9 heteroatoms. The molecule has 1 heterocycles. The van der Waals surface area contributed by atoms with Crippen molar-refractivity contribution in [3.8, 4) is 0 Å². The van der Waals surface area contributed by atoms with E-state index >= 15 is 0 Å². The molecule has 1 aromatic heterocycles. The average Bonchev–Trinajstić information content (AvgIpc) is 3.18. The van der Waals surface area contributed by atoms with E-state index in [2.05, 4.69) is 22.5 Å². The molecule has 1 N–H and O–H groups in total. The number of amides is 1. The van der Waals surface area contributed by atoms with Crippen LogP contribution in [0.3, 0.4) is 0 Å². The number of hydrogen-bond donors (Lipinski definition) is 1. The standard InChI is InChI=1S/C23H25ClN4O3S/c1-27(2)32(30,31)22-13-17(11-12-19(22)24)23(29)26-20-9-6-10-21-18(20)14-25-28(21)15-16-7-4-3-5-8-16/h3-5,7-8,11-14,20H,6,9-10,15H2,1-2H3,(H,26,29). The normalized spacial score (nSPS) is 16.1. The zero-order valence-corrected chi connectivity index (χ0v) is 19.5. The van der Waals surface area contributed by atoms with Crippen LogP contribution in [0.25, 0.3) is 0 Å². The van der Waals surface area contributed by atoms with E-state index < -0.39 is 10.0 Å². The molecule has 1 aliphatic carbocycles. The summed E-state index contributed by atoms with van der Waals surface area (Å²) in [4.78, 5) is 12.9. The molecular formula is C23H25ClN4O3S. The first-order valence-corrected chi connectivity index (χ1v) is 12.2. The number of nitrogens with zero attached hydrogens (tertiary/aromatic N) is 3. The quantitative estimate of drug-likeness (QED) is 0.593. The third-order valence-electron chi connectivity index (χ3n) is 5.70. The van der Waals surface area contributed by atoms with Gasteiger partial charge in [-0.05, 0) is 43.0 Å². The van der Waals surface area contributed by atoms with Crippen LogP contribution in [0.1, 0.15) is 46.1 Å². The van der Waals surface area contributed by atoms with Gasteiger partial charge in [0.05, 0.1) is 23.8 Å². The number of rotatable bonds is 6. The highest BCUT2D eigenvalue weighted by molar-refractivity contribution is 7.89. The summed E-state index contributed by atoms with van der Waals surface area (Å²) in [7, 11) is -0.912. The van der Waals surface area contributed by atoms with E-state index in [1.54, 1.807) is 0 Å². The number of hydrogen-bond acceptors (Lipinski definition) is 4. The van der Waals surface area contributed by atoms with Crippen LogP contribution < -0.4 is 5.32 Å². The predicted octanol–water partition coefficient (Wildman–Crippen LogP) is 3.64. The lowest BCUT2D eigenvalue weighted by atomic mass is 9.92. The molecule has 1 atom stereocenters. The van der Waals surface area contributed by atoms with Crippen LogP contribution in [0.15, 0.2) is 59.6 Å². The highest BCUT2D eigenvalue weighted by Crippen LogP contribution is 2.31. The van der Waals surface area contributed by atoms with Crippen LogP contribution in [-0.4, -0.2) is 42.5 Å². The minimum Gasteiger partial charge on any atom is -0.345 e. The predicted molar refractivity (Wildman–Crippen MR) is 123 cm³/mol. The highest BCUT2D eigenvalue weighted by atomic mass is 35.5. The Kier molecular flexibility index (Phi) is 6.37. The summed E-state index contributed by atoms with van der Waals surface area (Å²) in [5.74, 6) is -0.342. The smallest absolute Gasteiger partial charge is 0.251 e. The summed E-state index contributed by atoms with van der Waals surface area (Å²) < 4.78 is 28.1. The molecule has 32 heavy (non-hydrogen) atoms. The number of nitrogens with one attached hydrogen (secondary N) is 1. The summed E-state index contributed by atoms with van der Waals surface area (Å²) in [5, 5.41) is 7.70. The molecule has 0 radical (unpaired) electrons. The average molecular weight is 473 g/mol. The van der Waals surface area contributed by atoms with Crippen molar-refractivity contribution in [1.82, 2.24) is 19.4 Å². The van der Waals surface area contributed by atoms with Gasteiger partial charge in [-0.25, -0.2) is 12.7 Å². The van der Waals surface area contributed by atoms with E-state index in [1.165, 1.54) is 37.9 Å². The van der Waals surface area contributed by atoms with Gasteiger partial charge in [0.15, 0.2) is 0 Å². The van der Waals surface area contributed by atoms with Gasteiger partial charge in [0.25, 0.3) is 5.91 Å². The lowest BCUT2D eigenvalue weighted by molar-refractivity contribution is 0.0932. The van der Waals surface area contributed by atoms with Crippen LogP contribution in [0.4, 0.5) is 0 Å². The second kappa shape index (κ2) is 9.05. The van der Waals surface area contributed by atoms with E-state index in [9.17, 15) is 13.2 Å². The number of carbonyl (C=O) groups is 1. The molecule has 7 nitrogen and oxygen atoms in total. The molecule has 1 aliphatic rings. The first-order chi connectivity index (χ1) is 15.3. The first kappa shape index (κ1) is 22.5. The van der Waals surface area contributed by atoms with Crippen molar-refractivity contribution >= 4 is 27.5 Å². The Labute approximate surface area is 193 Å². The van der Waals surface area contributed by atoms with Crippen molar-refractivity contribution in [3.63, 3.8) is 0 Å². The van der Waals surface area contributed by atoms with Gasteiger partial charge in [-0.2, -0.15) is 5.10 Å². The lowest BCUT2D eigenvalue weighted by Gasteiger charge is -2.24. The lowest BCUT2D eigenvalue weighted by Crippen LogP contribution is -2.31. The highest BCUT2D eigenvalue weighted by Gasteiger charge is 2.27. The number of fused-ring (bicyclic) bond motifs is 1. The van der Waals surface area contributed by atoms with Gasteiger partial charge in [-0.1, -0.05) is 41.9 Å². The van der Waals surface area contributed by atoms with E-state index in [0.29, 0.717) is 6.54 Å². The van der Waals surface area contributed by atoms with E-state index in [0.717, 1.165) is 34.8 Å². The Balaban J connectivity index is 1.56. The summed E-state index contributed by atoms with van der Waals surface area (Å²) in [6.07, 6.45) is 4.46. The molecular weight excluding hydrogens is 448 g/mol. The third-order valence-corrected chi connectivity index (χ3v) is 7.99. The van der Waals surface area contributed by atoms with Crippen molar-refractivity contribution < 1.29 is 13.2 Å². The molecule has 0 saturated heterocycles. The summed E-state index contributed by atoms with van der Waals surface area (Å²) in [5.41, 5.74) is 3.55. The SMILES string of the molecule is CN(C)S(=O)(=O)c1cc(C(=O)NC2CCCc3c2cnn3Cc2ccccc2)ccc1Cl. The molecule has 2 aromatic carbocycles. The molecule has 0 aliphatic heterocycles. The Morgan fingerprint density at radius 2 is 1.97 bits per heavy atom. The van der Waals surface area contributed by atoms with Gasteiger partial charge in [-0.3, -0.25) is 9.48 Å². The number of sulfonamides is 1.